The number of hydrogen-bond donors (Lipinski definition) is 0. The molecule has 0 radical (unpaired) electrons. The maximum absolute atomic E-state index is 12.7. The van der Waals surface area contributed by atoms with Gasteiger partial charge in [0.05, 0.1) is 16.1 Å². The molecular weight excluding hydrogens is 340 g/mol. The highest BCUT2D eigenvalue weighted by Crippen LogP contribution is 2.33. The highest BCUT2D eigenvalue weighted by Gasteiger charge is 2.46. The third kappa shape index (κ3) is 3.38. The van der Waals surface area contributed by atoms with E-state index in [9.17, 15) is 22.0 Å². The molecule has 24 heavy (non-hydrogen) atoms. The van der Waals surface area contributed by atoms with E-state index in [-0.39, 0.29) is 30.2 Å². The number of carbonyl (C=O) groups is 1. The molecule has 1 aliphatic rings. The maximum atomic E-state index is 12.7. The normalized spacial score (nSPS) is 19.3. The van der Waals surface area contributed by atoms with Crippen molar-refractivity contribution in [3.05, 3.63) is 29.8 Å². The van der Waals surface area contributed by atoms with E-state index in [1.54, 1.807) is 19.9 Å². The van der Waals surface area contributed by atoms with E-state index in [1.165, 1.54) is 23.1 Å². The summed E-state index contributed by atoms with van der Waals surface area (Å²) in [6, 6.07) is 5.76. The van der Waals surface area contributed by atoms with Gasteiger partial charge in [-0.3, -0.25) is 4.79 Å². The first kappa shape index (κ1) is 18.6. The topological polar surface area (TPSA) is 63.7 Å². The van der Waals surface area contributed by atoms with Gasteiger partial charge in [-0.2, -0.15) is 8.78 Å². The maximum Gasteiger partial charge on any atom is 0.387 e. The molecule has 1 saturated heterocycles. The van der Waals surface area contributed by atoms with Crippen LogP contribution in [0.1, 0.15) is 37.0 Å². The number of hydrogen-bond acceptors (Lipinski definition) is 4. The van der Waals surface area contributed by atoms with E-state index in [0.717, 1.165) is 0 Å². The number of amides is 1. The summed E-state index contributed by atoms with van der Waals surface area (Å²) < 4.78 is 53.3. The van der Waals surface area contributed by atoms with Crippen LogP contribution < -0.4 is 4.74 Å². The van der Waals surface area contributed by atoms with Gasteiger partial charge in [0, 0.05) is 13.1 Å². The minimum atomic E-state index is -3.31. The number of nitrogens with zero attached hydrogens (tertiary/aromatic N) is 1. The van der Waals surface area contributed by atoms with E-state index < -0.39 is 27.1 Å². The Morgan fingerprint density at radius 3 is 2.50 bits per heavy atom. The molecule has 0 saturated carbocycles. The molecule has 0 bridgehead atoms. The van der Waals surface area contributed by atoms with Gasteiger partial charge >= 0.3 is 6.61 Å². The van der Waals surface area contributed by atoms with Gasteiger partial charge in [0.2, 0.25) is 0 Å². The molecule has 1 aliphatic heterocycles. The Kier molecular flexibility index (Phi) is 5.47. The Labute approximate surface area is 140 Å². The molecule has 0 N–H and O–H groups in total. The van der Waals surface area contributed by atoms with Crippen LogP contribution in [0.15, 0.2) is 24.3 Å². The second kappa shape index (κ2) is 7.04. The van der Waals surface area contributed by atoms with E-state index >= 15 is 0 Å². The Morgan fingerprint density at radius 2 is 1.92 bits per heavy atom. The first-order chi connectivity index (χ1) is 11.3. The predicted molar refractivity (Wildman–Crippen MR) is 86.1 cm³/mol. The quantitative estimate of drug-likeness (QED) is 0.809. The first-order valence-corrected chi connectivity index (χ1v) is 9.47. The van der Waals surface area contributed by atoms with Crippen LogP contribution in [0.25, 0.3) is 0 Å². The van der Waals surface area contributed by atoms with Crippen molar-refractivity contribution in [2.24, 2.45) is 0 Å². The highest BCUT2D eigenvalue weighted by atomic mass is 32.2. The van der Waals surface area contributed by atoms with Crippen LogP contribution in [0.5, 0.6) is 5.75 Å². The number of rotatable bonds is 5. The Bertz CT molecular complexity index is 702. The third-order valence-corrected chi connectivity index (χ3v) is 7.42. The zero-order chi connectivity index (χ0) is 18.0. The molecule has 1 aromatic carbocycles. The van der Waals surface area contributed by atoms with Gasteiger partial charge in [-0.05, 0) is 25.0 Å². The van der Waals surface area contributed by atoms with Crippen LogP contribution in [0.3, 0.4) is 0 Å². The van der Waals surface area contributed by atoms with Crippen molar-refractivity contribution in [2.45, 2.75) is 38.0 Å². The lowest BCUT2D eigenvalue weighted by atomic mass is 10.0. The van der Waals surface area contributed by atoms with Crippen molar-refractivity contribution < 1.29 is 26.7 Å². The number of ether oxygens (including phenoxy) is 1. The van der Waals surface area contributed by atoms with Crippen molar-refractivity contribution in [3.63, 3.8) is 0 Å². The summed E-state index contributed by atoms with van der Waals surface area (Å²) in [6.45, 7) is 0.632. The van der Waals surface area contributed by atoms with Gasteiger partial charge in [0.25, 0.3) is 5.91 Å². The SMILES string of the molecule is CCC1(CC)CN(C(=O)c2ccccc2OC(F)F)CCS1(=O)=O. The second-order valence-electron chi connectivity index (χ2n) is 5.81. The van der Waals surface area contributed by atoms with Crippen LogP contribution in [0.2, 0.25) is 0 Å². The second-order valence-corrected chi connectivity index (χ2v) is 8.31. The molecule has 2 rings (SSSR count). The number of halogens is 2. The number of sulfone groups is 1. The molecule has 5 nitrogen and oxygen atoms in total. The minimum Gasteiger partial charge on any atom is -0.434 e. The average molecular weight is 361 g/mol. The largest absolute Gasteiger partial charge is 0.434 e. The van der Waals surface area contributed by atoms with E-state index in [0.29, 0.717) is 12.8 Å². The number of carbonyl (C=O) groups excluding carboxylic acids is 1. The molecule has 134 valence electrons. The van der Waals surface area contributed by atoms with Gasteiger partial charge in [0.1, 0.15) is 5.75 Å². The predicted octanol–water partition coefficient (Wildman–Crippen LogP) is 2.72. The lowest BCUT2D eigenvalue weighted by Gasteiger charge is -2.41. The fraction of sp³-hybridized carbons (Fsp3) is 0.562. The van der Waals surface area contributed by atoms with Crippen molar-refractivity contribution in [3.8, 4) is 5.75 Å². The zero-order valence-corrected chi connectivity index (χ0v) is 14.5. The van der Waals surface area contributed by atoms with E-state index in [1.807, 2.05) is 0 Å². The Hall–Kier alpha value is -1.70. The molecule has 0 unspecified atom stereocenters. The molecule has 1 aromatic rings. The Balaban J connectivity index is 2.32. The number of alkyl halides is 2. The summed E-state index contributed by atoms with van der Waals surface area (Å²) >= 11 is 0. The molecule has 0 spiro atoms. The fourth-order valence-corrected chi connectivity index (χ4v) is 5.20. The Morgan fingerprint density at radius 1 is 1.29 bits per heavy atom. The smallest absolute Gasteiger partial charge is 0.387 e. The highest BCUT2D eigenvalue weighted by molar-refractivity contribution is 7.92. The van der Waals surface area contributed by atoms with E-state index in [4.69, 9.17) is 0 Å². The van der Waals surface area contributed by atoms with Crippen molar-refractivity contribution in [2.75, 3.05) is 18.8 Å². The molecular formula is C16H21F2NO4S. The van der Waals surface area contributed by atoms with Gasteiger partial charge in [-0.1, -0.05) is 26.0 Å². The molecule has 1 heterocycles. The number of benzene rings is 1. The lowest BCUT2D eigenvalue weighted by molar-refractivity contribution is -0.0502. The van der Waals surface area contributed by atoms with Crippen LogP contribution in [-0.2, 0) is 9.84 Å². The molecule has 1 fully saturated rings. The monoisotopic (exact) mass is 361 g/mol. The minimum absolute atomic E-state index is 0.0122. The van der Waals surface area contributed by atoms with Gasteiger partial charge in [-0.25, -0.2) is 8.42 Å². The third-order valence-electron chi connectivity index (χ3n) is 4.68. The summed E-state index contributed by atoms with van der Waals surface area (Å²) in [5, 5.41) is 0. The van der Waals surface area contributed by atoms with Crippen LogP contribution in [0.4, 0.5) is 8.78 Å². The van der Waals surface area contributed by atoms with Crippen LogP contribution >= 0.6 is 0 Å². The molecule has 0 atom stereocenters. The van der Waals surface area contributed by atoms with Crippen LogP contribution in [-0.4, -0.2) is 49.4 Å². The molecule has 1 amide bonds. The van der Waals surface area contributed by atoms with Crippen LogP contribution in [0, 0.1) is 0 Å². The van der Waals surface area contributed by atoms with Gasteiger partial charge < -0.3 is 9.64 Å². The van der Waals surface area contributed by atoms with Gasteiger partial charge in [-0.15, -0.1) is 0 Å². The van der Waals surface area contributed by atoms with Gasteiger partial charge in [0.15, 0.2) is 9.84 Å². The molecule has 0 aliphatic carbocycles. The summed E-state index contributed by atoms with van der Waals surface area (Å²) in [5.41, 5.74) is 0.0122. The molecule has 0 aromatic heterocycles. The fourth-order valence-electron chi connectivity index (χ4n) is 3.07. The first-order valence-electron chi connectivity index (χ1n) is 7.81. The van der Waals surface area contributed by atoms with Crippen molar-refractivity contribution >= 4 is 15.7 Å². The number of para-hydroxylation sites is 1. The zero-order valence-electron chi connectivity index (χ0n) is 13.7. The standard InChI is InChI=1S/C16H21F2NO4S/c1-3-16(4-2)11-19(9-10-24(16,21)22)14(20)12-7-5-6-8-13(12)23-15(17)18/h5-8,15H,3-4,9-11H2,1-2H3. The summed E-state index contributed by atoms with van der Waals surface area (Å²) in [6.07, 6.45) is 0.787. The summed E-state index contributed by atoms with van der Waals surface area (Å²) in [5.74, 6) is -0.824. The summed E-state index contributed by atoms with van der Waals surface area (Å²) in [7, 11) is -3.31. The van der Waals surface area contributed by atoms with Crippen molar-refractivity contribution in [1.82, 2.24) is 4.90 Å². The molecule has 8 heteroatoms. The lowest BCUT2D eigenvalue weighted by Crippen LogP contribution is -2.57. The summed E-state index contributed by atoms with van der Waals surface area (Å²) in [4.78, 5) is 14.2. The van der Waals surface area contributed by atoms with E-state index in [2.05, 4.69) is 4.74 Å². The average Bonchev–Trinajstić information content (AvgIpc) is 2.54. The van der Waals surface area contributed by atoms with Crippen molar-refractivity contribution in [1.29, 1.82) is 0 Å².